The molecule has 134 valence electrons. The molecule has 0 unspecified atom stereocenters. The van der Waals surface area contributed by atoms with Gasteiger partial charge in [-0.2, -0.15) is 0 Å². The van der Waals surface area contributed by atoms with Crippen LogP contribution < -0.4 is 5.32 Å². The van der Waals surface area contributed by atoms with Crippen LogP contribution >= 0.6 is 0 Å². The van der Waals surface area contributed by atoms with Gasteiger partial charge in [-0.15, -0.1) is 5.10 Å². The second-order valence-electron chi connectivity index (χ2n) is 5.74. The SMILES string of the molecule is O=C(NCc1cc(-c2cccnc2)no1)[C@H](c1ccccc1)n1cnnn1. The molecular weight excluding hydrogens is 346 g/mol. The number of amides is 1. The molecule has 0 aliphatic rings. The molecule has 3 heterocycles. The lowest BCUT2D eigenvalue weighted by atomic mass is 10.1. The van der Waals surface area contributed by atoms with Crippen molar-refractivity contribution in [2.75, 3.05) is 0 Å². The van der Waals surface area contributed by atoms with Crippen LogP contribution in [0.3, 0.4) is 0 Å². The second-order valence-corrected chi connectivity index (χ2v) is 5.74. The van der Waals surface area contributed by atoms with E-state index in [1.54, 1.807) is 18.5 Å². The van der Waals surface area contributed by atoms with Gasteiger partial charge in [0.25, 0.3) is 0 Å². The van der Waals surface area contributed by atoms with E-state index in [-0.39, 0.29) is 12.5 Å². The number of rotatable bonds is 6. The molecule has 0 bridgehead atoms. The van der Waals surface area contributed by atoms with E-state index in [1.807, 2.05) is 42.5 Å². The largest absolute Gasteiger partial charge is 0.359 e. The van der Waals surface area contributed by atoms with Crippen LogP contribution in [0.4, 0.5) is 0 Å². The third-order valence-corrected chi connectivity index (χ3v) is 3.95. The number of aromatic nitrogens is 6. The van der Waals surface area contributed by atoms with Gasteiger partial charge in [0, 0.05) is 24.0 Å². The molecule has 1 amide bonds. The molecule has 0 saturated carbocycles. The third kappa shape index (κ3) is 3.71. The predicted molar refractivity (Wildman–Crippen MR) is 94.0 cm³/mol. The quantitative estimate of drug-likeness (QED) is 0.555. The van der Waals surface area contributed by atoms with E-state index in [0.29, 0.717) is 11.5 Å². The van der Waals surface area contributed by atoms with Crippen molar-refractivity contribution in [1.82, 2.24) is 35.7 Å². The van der Waals surface area contributed by atoms with E-state index in [0.717, 1.165) is 11.1 Å². The van der Waals surface area contributed by atoms with Crippen molar-refractivity contribution in [1.29, 1.82) is 0 Å². The Morgan fingerprint density at radius 3 is 2.81 bits per heavy atom. The van der Waals surface area contributed by atoms with Crippen LogP contribution in [0, 0.1) is 0 Å². The molecule has 27 heavy (non-hydrogen) atoms. The molecule has 9 heteroatoms. The zero-order valence-corrected chi connectivity index (χ0v) is 14.1. The van der Waals surface area contributed by atoms with Gasteiger partial charge in [0.1, 0.15) is 12.0 Å². The Bertz CT molecular complexity index is 1000. The van der Waals surface area contributed by atoms with E-state index in [1.165, 1.54) is 11.0 Å². The summed E-state index contributed by atoms with van der Waals surface area (Å²) in [6, 6.07) is 14.1. The number of carbonyl (C=O) groups excluding carboxylic acids is 1. The first kappa shape index (κ1) is 16.6. The smallest absolute Gasteiger partial charge is 0.249 e. The van der Waals surface area contributed by atoms with Crippen molar-refractivity contribution in [3.05, 3.63) is 78.6 Å². The standard InChI is InChI=1S/C18H15N7O2/c26-18(17(25-12-21-23-24-25)13-5-2-1-3-6-13)20-11-15-9-16(22-27-15)14-7-4-8-19-10-14/h1-10,12,17H,11H2,(H,20,26)/t17-/m0/s1. The van der Waals surface area contributed by atoms with Gasteiger partial charge in [0.05, 0.1) is 6.54 Å². The summed E-state index contributed by atoms with van der Waals surface area (Å²) in [5.74, 6) is 0.276. The molecule has 1 N–H and O–H groups in total. The molecule has 9 nitrogen and oxygen atoms in total. The molecule has 3 aromatic heterocycles. The molecule has 0 aliphatic heterocycles. The first-order valence-electron chi connectivity index (χ1n) is 8.22. The monoisotopic (exact) mass is 361 g/mol. The molecule has 0 radical (unpaired) electrons. The highest BCUT2D eigenvalue weighted by molar-refractivity contribution is 5.83. The lowest BCUT2D eigenvalue weighted by molar-refractivity contribution is -0.123. The summed E-state index contributed by atoms with van der Waals surface area (Å²) in [6.07, 6.45) is 4.79. The summed E-state index contributed by atoms with van der Waals surface area (Å²) >= 11 is 0. The van der Waals surface area contributed by atoms with Gasteiger partial charge < -0.3 is 9.84 Å². The Morgan fingerprint density at radius 1 is 1.19 bits per heavy atom. The topological polar surface area (TPSA) is 112 Å². The Morgan fingerprint density at radius 2 is 2.07 bits per heavy atom. The van der Waals surface area contributed by atoms with Crippen LogP contribution in [0.15, 0.2) is 71.8 Å². The summed E-state index contributed by atoms with van der Waals surface area (Å²) in [5, 5.41) is 18.0. The van der Waals surface area contributed by atoms with Crippen LogP contribution in [0.1, 0.15) is 17.4 Å². The number of nitrogens with zero attached hydrogens (tertiary/aromatic N) is 6. The van der Waals surface area contributed by atoms with Gasteiger partial charge in [-0.05, 0) is 28.1 Å². The number of hydrogen-bond donors (Lipinski definition) is 1. The van der Waals surface area contributed by atoms with Crippen molar-refractivity contribution >= 4 is 5.91 Å². The maximum Gasteiger partial charge on any atom is 0.249 e. The average Bonchev–Trinajstić information content (AvgIpc) is 3.41. The fraction of sp³-hybridized carbons (Fsp3) is 0.111. The van der Waals surface area contributed by atoms with E-state index >= 15 is 0 Å². The van der Waals surface area contributed by atoms with Crippen molar-refractivity contribution in [3.8, 4) is 11.3 Å². The summed E-state index contributed by atoms with van der Waals surface area (Å²) in [4.78, 5) is 16.8. The maximum atomic E-state index is 12.8. The van der Waals surface area contributed by atoms with Gasteiger partial charge in [-0.3, -0.25) is 9.78 Å². The second kappa shape index (κ2) is 7.56. The highest BCUT2D eigenvalue weighted by Gasteiger charge is 2.24. The van der Waals surface area contributed by atoms with E-state index in [9.17, 15) is 4.79 Å². The fourth-order valence-electron chi connectivity index (χ4n) is 2.66. The normalized spacial score (nSPS) is 11.9. The van der Waals surface area contributed by atoms with Crippen LogP contribution in [0.5, 0.6) is 0 Å². The molecule has 1 atom stereocenters. The van der Waals surface area contributed by atoms with Crippen LogP contribution in [0.2, 0.25) is 0 Å². The number of pyridine rings is 1. The third-order valence-electron chi connectivity index (χ3n) is 3.95. The van der Waals surface area contributed by atoms with E-state index < -0.39 is 6.04 Å². The lowest BCUT2D eigenvalue weighted by Crippen LogP contribution is -2.33. The van der Waals surface area contributed by atoms with Crippen molar-refractivity contribution in [3.63, 3.8) is 0 Å². The minimum atomic E-state index is -0.679. The number of hydrogen-bond acceptors (Lipinski definition) is 7. The summed E-state index contributed by atoms with van der Waals surface area (Å²) in [6.45, 7) is 0.192. The van der Waals surface area contributed by atoms with Gasteiger partial charge in [0.15, 0.2) is 11.8 Å². The fourth-order valence-corrected chi connectivity index (χ4v) is 2.66. The molecule has 0 fully saturated rings. The summed E-state index contributed by atoms with van der Waals surface area (Å²) < 4.78 is 6.71. The van der Waals surface area contributed by atoms with E-state index in [2.05, 4.69) is 31.0 Å². The lowest BCUT2D eigenvalue weighted by Gasteiger charge is -2.16. The maximum absolute atomic E-state index is 12.8. The molecule has 1 aromatic carbocycles. The Labute approximate surface area is 154 Å². The van der Waals surface area contributed by atoms with Crippen molar-refractivity contribution < 1.29 is 9.32 Å². The minimum Gasteiger partial charge on any atom is -0.359 e. The van der Waals surface area contributed by atoms with Crippen molar-refractivity contribution in [2.45, 2.75) is 12.6 Å². The Balaban J connectivity index is 1.48. The number of nitrogens with one attached hydrogen (secondary N) is 1. The Kier molecular flexibility index (Phi) is 4.64. The van der Waals surface area contributed by atoms with Gasteiger partial charge in [0.2, 0.25) is 5.91 Å². The van der Waals surface area contributed by atoms with Crippen LogP contribution in [0.25, 0.3) is 11.3 Å². The molecule has 4 aromatic rings. The van der Waals surface area contributed by atoms with Crippen LogP contribution in [-0.4, -0.2) is 36.3 Å². The molecule has 0 saturated heterocycles. The molecule has 0 aliphatic carbocycles. The number of carbonyl (C=O) groups is 1. The highest BCUT2D eigenvalue weighted by Crippen LogP contribution is 2.19. The molecular formula is C18H15N7O2. The van der Waals surface area contributed by atoms with Crippen LogP contribution in [-0.2, 0) is 11.3 Å². The van der Waals surface area contributed by atoms with Gasteiger partial charge in [-0.1, -0.05) is 35.5 Å². The first-order valence-corrected chi connectivity index (χ1v) is 8.22. The van der Waals surface area contributed by atoms with Gasteiger partial charge >= 0.3 is 0 Å². The summed E-state index contributed by atoms with van der Waals surface area (Å²) in [5.41, 5.74) is 2.28. The number of benzene rings is 1. The number of tetrazole rings is 1. The zero-order valence-electron chi connectivity index (χ0n) is 14.1. The first-order chi connectivity index (χ1) is 13.3. The minimum absolute atomic E-state index is 0.192. The Hall–Kier alpha value is -3.88. The highest BCUT2D eigenvalue weighted by atomic mass is 16.5. The average molecular weight is 361 g/mol. The van der Waals surface area contributed by atoms with E-state index in [4.69, 9.17) is 4.52 Å². The molecule has 0 spiro atoms. The zero-order chi connectivity index (χ0) is 18.5. The summed E-state index contributed by atoms with van der Waals surface area (Å²) in [7, 11) is 0. The predicted octanol–water partition coefficient (Wildman–Crippen LogP) is 1.63. The van der Waals surface area contributed by atoms with Gasteiger partial charge in [-0.25, -0.2) is 4.68 Å². The van der Waals surface area contributed by atoms with Crippen molar-refractivity contribution in [2.24, 2.45) is 0 Å². The molecule has 4 rings (SSSR count).